The Kier molecular flexibility index (Phi) is 6.02. The smallest absolute Gasteiger partial charge is 0.411 e. The van der Waals surface area contributed by atoms with Crippen molar-refractivity contribution < 1.29 is 32.5 Å². The van der Waals surface area contributed by atoms with Crippen LogP contribution in [0.4, 0.5) is 13.2 Å². The molecule has 0 saturated carbocycles. The van der Waals surface area contributed by atoms with Crippen LogP contribution in [-0.4, -0.2) is 67.7 Å². The lowest BCUT2D eigenvalue weighted by molar-refractivity contribution is -0.174. The van der Waals surface area contributed by atoms with Crippen molar-refractivity contribution in [1.82, 2.24) is 4.90 Å². The van der Waals surface area contributed by atoms with Crippen molar-refractivity contribution in [3.63, 3.8) is 0 Å². The van der Waals surface area contributed by atoms with Gasteiger partial charge in [-0.15, -0.1) is 0 Å². The highest BCUT2D eigenvalue weighted by molar-refractivity contribution is 5.71. The largest absolute Gasteiger partial charge is 0.481 e. The molecule has 1 heterocycles. The maximum atomic E-state index is 11.9. The summed E-state index contributed by atoms with van der Waals surface area (Å²) in [6.45, 7) is 1.66. The second-order valence-electron chi connectivity index (χ2n) is 4.35. The van der Waals surface area contributed by atoms with Crippen LogP contribution in [0.25, 0.3) is 0 Å². The second-order valence-corrected chi connectivity index (χ2v) is 4.35. The summed E-state index contributed by atoms with van der Waals surface area (Å²) in [5.74, 6) is -1.58. The summed E-state index contributed by atoms with van der Waals surface area (Å²) in [7, 11) is 0. The van der Waals surface area contributed by atoms with Gasteiger partial charge in [0.2, 0.25) is 0 Å². The van der Waals surface area contributed by atoms with Gasteiger partial charge in [-0.3, -0.25) is 9.69 Å². The molecule has 0 spiro atoms. The Bertz CT molecular complexity index is 298. The van der Waals surface area contributed by atoms with Gasteiger partial charge < -0.3 is 14.6 Å². The van der Waals surface area contributed by atoms with E-state index in [1.807, 2.05) is 6.92 Å². The van der Waals surface area contributed by atoms with Gasteiger partial charge in [0.15, 0.2) is 0 Å². The van der Waals surface area contributed by atoms with Crippen molar-refractivity contribution in [2.24, 2.45) is 5.92 Å². The first-order chi connectivity index (χ1) is 8.85. The summed E-state index contributed by atoms with van der Waals surface area (Å²) in [6.07, 6.45) is -4.34. The number of aliphatic carboxylic acids is 1. The Morgan fingerprint density at radius 2 is 2.16 bits per heavy atom. The van der Waals surface area contributed by atoms with Crippen LogP contribution in [0.5, 0.6) is 0 Å². The molecule has 0 aromatic carbocycles. The van der Waals surface area contributed by atoms with Crippen LogP contribution < -0.4 is 0 Å². The Labute approximate surface area is 109 Å². The van der Waals surface area contributed by atoms with Gasteiger partial charge in [-0.05, 0) is 6.54 Å². The van der Waals surface area contributed by atoms with Gasteiger partial charge in [-0.2, -0.15) is 13.2 Å². The molecule has 0 aromatic heterocycles. The number of ether oxygens (including phenoxy) is 2. The van der Waals surface area contributed by atoms with Crippen LogP contribution in [0.2, 0.25) is 0 Å². The molecule has 0 amide bonds. The zero-order valence-corrected chi connectivity index (χ0v) is 10.7. The number of carboxylic acid groups (broad SMARTS) is 1. The number of likely N-dealkylation sites (N-methyl/N-ethyl adjacent to an activating group) is 1. The predicted octanol–water partition coefficient (Wildman–Crippen LogP) is 0.987. The van der Waals surface area contributed by atoms with Gasteiger partial charge in [-0.1, -0.05) is 6.92 Å². The molecule has 112 valence electrons. The van der Waals surface area contributed by atoms with E-state index in [1.165, 1.54) is 0 Å². The number of carbonyl (C=O) groups is 1. The monoisotopic (exact) mass is 285 g/mol. The van der Waals surface area contributed by atoms with E-state index in [0.717, 1.165) is 0 Å². The lowest BCUT2D eigenvalue weighted by Gasteiger charge is -2.28. The quantitative estimate of drug-likeness (QED) is 0.707. The fourth-order valence-electron chi connectivity index (χ4n) is 2.07. The van der Waals surface area contributed by atoms with Crippen molar-refractivity contribution in [2.75, 3.05) is 39.5 Å². The third-order valence-electron chi connectivity index (χ3n) is 3.03. The molecule has 1 saturated heterocycles. The molecule has 1 aliphatic rings. The van der Waals surface area contributed by atoms with E-state index in [4.69, 9.17) is 9.84 Å². The summed E-state index contributed by atoms with van der Waals surface area (Å²) in [5.41, 5.74) is 0. The fourth-order valence-corrected chi connectivity index (χ4v) is 2.07. The number of carboxylic acids is 1. The minimum atomic E-state index is -4.34. The highest BCUT2D eigenvalue weighted by atomic mass is 19.4. The molecule has 1 aliphatic heterocycles. The first kappa shape index (κ1) is 16.2. The molecule has 8 heteroatoms. The number of hydrogen-bond acceptors (Lipinski definition) is 4. The van der Waals surface area contributed by atoms with Crippen LogP contribution in [-0.2, 0) is 14.3 Å². The average Bonchev–Trinajstić information content (AvgIpc) is 2.76. The van der Waals surface area contributed by atoms with Gasteiger partial charge in [0.1, 0.15) is 6.61 Å². The van der Waals surface area contributed by atoms with Crippen LogP contribution in [0.3, 0.4) is 0 Å². The predicted molar refractivity (Wildman–Crippen MR) is 59.9 cm³/mol. The highest BCUT2D eigenvalue weighted by Gasteiger charge is 2.37. The first-order valence-electron chi connectivity index (χ1n) is 6.04. The number of rotatable bonds is 7. The molecule has 19 heavy (non-hydrogen) atoms. The van der Waals surface area contributed by atoms with Gasteiger partial charge in [-0.25, -0.2) is 0 Å². The summed E-state index contributed by atoms with van der Waals surface area (Å²) >= 11 is 0. The molecule has 0 radical (unpaired) electrons. The van der Waals surface area contributed by atoms with E-state index in [9.17, 15) is 18.0 Å². The van der Waals surface area contributed by atoms with Crippen molar-refractivity contribution >= 4 is 5.97 Å². The van der Waals surface area contributed by atoms with Gasteiger partial charge in [0, 0.05) is 12.6 Å². The Morgan fingerprint density at radius 3 is 2.68 bits per heavy atom. The molecule has 1 fully saturated rings. The maximum Gasteiger partial charge on any atom is 0.411 e. The van der Waals surface area contributed by atoms with E-state index in [2.05, 4.69) is 4.74 Å². The highest BCUT2D eigenvalue weighted by Crippen LogP contribution is 2.20. The van der Waals surface area contributed by atoms with E-state index >= 15 is 0 Å². The number of nitrogens with zero attached hydrogens (tertiary/aromatic N) is 1. The molecule has 1 N–H and O–H groups in total. The minimum Gasteiger partial charge on any atom is -0.481 e. The topological polar surface area (TPSA) is 59.0 Å². The maximum absolute atomic E-state index is 11.9. The van der Waals surface area contributed by atoms with Crippen LogP contribution >= 0.6 is 0 Å². The van der Waals surface area contributed by atoms with E-state index < -0.39 is 24.7 Å². The van der Waals surface area contributed by atoms with Gasteiger partial charge in [0.25, 0.3) is 0 Å². The lowest BCUT2D eigenvalue weighted by atomic mass is 10.0. The van der Waals surface area contributed by atoms with Crippen LogP contribution in [0, 0.1) is 5.92 Å². The minimum absolute atomic E-state index is 0.0871. The Hall–Kier alpha value is -0.860. The third-order valence-corrected chi connectivity index (χ3v) is 3.03. The average molecular weight is 285 g/mol. The van der Waals surface area contributed by atoms with Crippen molar-refractivity contribution in [2.45, 2.75) is 19.1 Å². The lowest BCUT2D eigenvalue weighted by Crippen LogP contribution is -2.44. The van der Waals surface area contributed by atoms with Crippen molar-refractivity contribution in [1.29, 1.82) is 0 Å². The number of halogens is 3. The van der Waals surface area contributed by atoms with E-state index in [-0.39, 0.29) is 32.4 Å². The second kappa shape index (κ2) is 7.06. The Balaban J connectivity index is 2.38. The molecule has 2 atom stereocenters. The van der Waals surface area contributed by atoms with Gasteiger partial charge >= 0.3 is 12.1 Å². The normalized spacial score (nSPS) is 24.1. The van der Waals surface area contributed by atoms with E-state index in [0.29, 0.717) is 6.54 Å². The molecule has 2 unspecified atom stereocenters. The molecule has 0 aromatic rings. The number of alkyl halides is 3. The summed E-state index contributed by atoms with van der Waals surface area (Å²) in [4.78, 5) is 12.8. The third kappa shape index (κ3) is 5.33. The Morgan fingerprint density at radius 1 is 1.47 bits per heavy atom. The zero-order chi connectivity index (χ0) is 14.5. The molecular formula is C11H18F3NO4. The molecular weight excluding hydrogens is 267 g/mol. The fraction of sp³-hybridized carbons (Fsp3) is 0.909. The van der Waals surface area contributed by atoms with Crippen LogP contribution in [0.15, 0.2) is 0 Å². The molecule has 1 rings (SSSR count). The number of hydrogen-bond donors (Lipinski definition) is 1. The van der Waals surface area contributed by atoms with Gasteiger partial charge in [0.05, 0.1) is 25.7 Å². The molecule has 5 nitrogen and oxygen atoms in total. The molecule has 0 bridgehead atoms. The summed E-state index contributed by atoms with van der Waals surface area (Å²) < 4.78 is 45.3. The standard InChI is InChI=1S/C11H18F3NO4/c1-2-15(3-4-18-7-11(12,13)14)9-6-19-5-8(9)10(16)17/h8-9H,2-7H2,1H3,(H,16,17). The van der Waals surface area contributed by atoms with E-state index in [1.54, 1.807) is 4.90 Å². The summed E-state index contributed by atoms with van der Waals surface area (Å²) in [6, 6.07) is -0.308. The van der Waals surface area contributed by atoms with Crippen molar-refractivity contribution in [3.8, 4) is 0 Å². The SMILES string of the molecule is CCN(CCOCC(F)(F)F)C1COCC1C(=O)O. The zero-order valence-electron chi connectivity index (χ0n) is 10.7. The first-order valence-corrected chi connectivity index (χ1v) is 6.04. The van der Waals surface area contributed by atoms with Crippen molar-refractivity contribution in [3.05, 3.63) is 0 Å². The molecule has 0 aliphatic carbocycles. The summed E-state index contributed by atoms with van der Waals surface area (Å²) in [5, 5.41) is 9.02. The van der Waals surface area contributed by atoms with Crippen LogP contribution in [0.1, 0.15) is 6.92 Å².